The lowest BCUT2D eigenvalue weighted by molar-refractivity contribution is -0.336. The number of rotatable bonds is 13. The van der Waals surface area contributed by atoms with Crippen molar-refractivity contribution in [3.63, 3.8) is 0 Å². The number of nitrogens with zero attached hydrogens (tertiary/aromatic N) is 1. The Labute approximate surface area is 222 Å². The minimum Gasteiger partial charge on any atom is -0.789 e. The molecule has 40 heavy (non-hydrogen) atoms. The number of H-pyrrole nitrogens is 1. The first-order valence-electron chi connectivity index (χ1n) is 9.69. The van der Waals surface area contributed by atoms with Crippen molar-refractivity contribution < 1.29 is 77.2 Å². The Morgan fingerprint density at radius 1 is 1.12 bits per heavy atom. The molecule has 0 bridgehead atoms. The summed E-state index contributed by atoms with van der Waals surface area (Å²) in [6.45, 7) is -1.29. The Balaban J connectivity index is 0. The lowest BCUT2D eigenvalue weighted by atomic mass is 10.0. The summed E-state index contributed by atoms with van der Waals surface area (Å²) >= 11 is 0. The molecule has 0 spiro atoms. The highest BCUT2D eigenvalue weighted by molar-refractivity contribution is 7.60. The number of aliphatic hydroxyl groups is 5. The van der Waals surface area contributed by atoms with Crippen LogP contribution in [0.25, 0.3) is 0 Å². The first-order valence-corrected chi connectivity index (χ1v) is 12.6. The fourth-order valence-corrected chi connectivity index (χ4v) is 5.13. The molecule has 0 aromatic carbocycles. The highest BCUT2D eigenvalue weighted by atomic mass is 31.3. The van der Waals surface area contributed by atoms with Crippen LogP contribution in [-0.2, 0) is 36.8 Å². The summed E-state index contributed by atoms with van der Waals surface area (Å²) in [5, 5.41) is 60.3. The summed E-state index contributed by atoms with van der Waals surface area (Å²) in [5.41, 5.74) is -1.91. The Kier molecular flexibility index (Phi) is 15.6. The average molecular weight is 631 g/mol. The second-order valence-corrected chi connectivity index (χ2v) is 10.2. The fraction of sp³-hybridized carbons (Fsp3) is 0.600. The third kappa shape index (κ3) is 9.97. The maximum atomic E-state index is 12.7. The van der Waals surface area contributed by atoms with Crippen molar-refractivity contribution in [3.8, 4) is 0 Å². The van der Waals surface area contributed by atoms with Crippen LogP contribution < -0.4 is 44.6 Å². The zero-order chi connectivity index (χ0) is 28.3. The molecule has 25 heteroatoms. The van der Waals surface area contributed by atoms with E-state index in [1.807, 2.05) is 4.98 Å². The Hall–Kier alpha value is -2.28. The summed E-state index contributed by atoms with van der Waals surface area (Å²) in [5.74, 6) is -2.52. The van der Waals surface area contributed by atoms with Crippen LogP contribution in [0.15, 0.2) is 21.9 Å². The van der Waals surface area contributed by atoms with Gasteiger partial charge in [-0.2, -0.15) is 0 Å². The molecule has 1 aliphatic rings. The molecule has 9 unspecified atom stereocenters. The first kappa shape index (κ1) is 39.9. The number of aliphatic hydroxyl groups excluding tert-OH is 5. The molecule has 234 valence electrons. The number of aromatic nitrogens is 2. The lowest BCUT2D eigenvalue weighted by Gasteiger charge is -2.35. The van der Waals surface area contributed by atoms with E-state index in [4.69, 9.17) is 4.74 Å². The van der Waals surface area contributed by atoms with Crippen LogP contribution in [0, 0.1) is 0 Å². The number of carbonyl (C=O) groups is 2. The molecular formula is C15H31N5O18P2. The number of hydrogen-bond donors (Lipinski definition) is 9. The number of aliphatic carboxylic acids is 1. The molecule has 1 aromatic rings. The Morgan fingerprint density at radius 3 is 2.17 bits per heavy atom. The van der Waals surface area contributed by atoms with Gasteiger partial charge in [-0.3, -0.25) is 27.7 Å². The maximum Gasteiger partial charge on any atom is 0.479 e. The van der Waals surface area contributed by atoms with Crippen molar-refractivity contribution in [1.82, 2.24) is 28.0 Å². The van der Waals surface area contributed by atoms with Crippen LogP contribution in [0.1, 0.15) is 6.23 Å². The van der Waals surface area contributed by atoms with Crippen LogP contribution in [0.4, 0.5) is 0 Å². The lowest BCUT2D eigenvalue weighted by Crippen LogP contribution is -2.53. The van der Waals surface area contributed by atoms with Gasteiger partial charge in [0.2, 0.25) is 0 Å². The number of carbonyl (C=O) groups excluding carboxylic acids is 2. The number of aldehydes is 1. The monoisotopic (exact) mass is 631 g/mol. The number of quaternary nitrogens is 3. The van der Waals surface area contributed by atoms with E-state index in [0.29, 0.717) is 4.57 Å². The van der Waals surface area contributed by atoms with E-state index < -0.39 is 88.4 Å². The summed E-state index contributed by atoms with van der Waals surface area (Å²) in [7, 11) is -12.2. The van der Waals surface area contributed by atoms with E-state index in [1.54, 1.807) is 0 Å². The quantitative estimate of drug-likeness (QED) is 0.0721. The molecular weight excluding hydrogens is 600 g/mol. The van der Waals surface area contributed by atoms with Gasteiger partial charge < -0.3 is 77.8 Å². The van der Waals surface area contributed by atoms with Crippen molar-refractivity contribution in [2.75, 3.05) is 6.61 Å². The van der Waals surface area contributed by atoms with Gasteiger partial charge in [0.1, 0.15) is 42.7 Å². The van der Waals surface area contributed by atoms with E-state index in [0.717, 1.165) is 12.3 Å². The number of aromatic amines is 1. The topological polar surface area (TPSA) is 440 Å². The smallest absolute Gasteiger partial charge is 0.479 e. The number of nitrogens with one attached hydrogen (secondary N) is 1. The van der Waals surface area contributed by atoms with Gasteiger partial charge in [0, 0.05) is 12.3 Å². The van der Waals surface area contributed by atoms with Crippen LogP contribution in [0.2, 0.25) is 0 Å². The standard InChI is InChI=1S/C15H22N2O18P2.3H3N/c18-3-5(19)8(21)10(23)12(14(25)26)34-37(31,35-36(28,29)30)32-4-6-9(22)11(24)13(33-6)17-2-1-7(20)16-15(17)27;;;/h1-3,5-6,8-13,19,21-24H,4H2,(H,25,26)(H,16,20,27)(H2,28,29,30);3*1H3. The number of carboxylic acids is 1. The summed E-state index contributed by atoms with van der Waals surface area (Å²) < 4.78 is 42.0. The largest absolute Gasteiger partial charge is 0.789 e. The van der Waals surface area contributed by atoms with Crippen molar-refractivity contribution in [1.29, 1.82) is 0 Å². The number of phosphoric acid groups is 2. The third-order valence-electron chi connectivity index (χ3n) is 4.68. The second kappa shape index (κ2) is 15.6. The number of hydrogen-bond acceptors (Lipinski definition) is 18. The Bertz CT molecular complexity index is 1190. The molecule has 1 saturated heterocycles. The van der Waals surface area contributed by atoms with E-state index in [9.17, 15) is 68.7 Å². The highest BCUT2D eigenvalue weighted by Crippen LogP contribution is 2.59. The fourth-order valence-electron chi connectivity index (χ4n) is 2.93. The summed E-state index contributed by atoms with van der Waals surface area (Å²) in [6, 6.07) is 0.852. The van der Waals surface area contributed by atoms with Gasteiger partial charge in [0.05, 0.1) is 20.4 Å². The molecule has 1 aromatic heterocycles. The van der Waals surface area contributed by atoms with Gasteiger partial charge in [-0.1, -0.05) is 0 Å². The zero-order valence-corrected chi connectivity index (χ0v) is 22.7. The molecule has 0 saturated carbocycles. The van der Waals surface area contributed by atoms with Gasteiger partial charge in [-0.15, -0.1) is 0 Å². The van der Waals surface area contributed by atoms with Crippen LogP contribution in [0.3, 0.4) is 0 Å². The van der Waals surface area contributed by atoms with Gasteiger partial charge in [-0.05, 0) is 0 Å². The normalized spacial score (nSPS) is 25.1. The molecule has 23 nitrogen and oxygen atoms in total. The van der Waals surface area contributed by atoms with E-state index >= 15 is 0 Å². The van der Waals surface area contributed by atoms with Crippen molar-refractivity contribution in [3.05, 3.63) is 33.1 Å². The van der Waals surface area contributed by atoms with Gasteiger partial charge >= 0.3 is 13.5 Å². The number of carboxylic acid groups (broad SMARTS) is 1. The molecule has 1 aliphatic heterocycles. The predicted molar refractivity (Wildman–Crippen MR) is 121 cm³/mol. The van der Waals surface area contributed by atoms with Gasteiger partial charge in [-0.25, -0.2) is 9.36 Å². The molecule has 2 rings (SSSR count). The van der Waals surface area contributed by atoms with E-state index in [2.05, 4.69) is 13.4 Å². The minimum atomic E-state index is -6.32. The Morgan fingerprint density at radius 2 is 1.70 bits per heavy atom. The molecule has 9 atom stereocenters. The predicted octanol–water partition coefficient (Wildman–Crippen LogP) is -6.33. The SMILES string of the molecule is O=CC(O)C(O)C(O)C(OP(=O)(OCC1OC(n2ccc(=O)[nH]c2=O)C(O)C1O)OP(=O)([O-])[O-])C(=O)[O-].[NH4+].[NH4+].[NH4+]. The van der Waals surface area contributed by atoms with Crippen LogP contribution in [-0.4, -0.2) is 96.7 Å². The van der Waals surface area contributed by atoms with E-state index in [-0.39, 0.29) is 24.7 Å². The van der Waals surface area contributed by atoms with Gasteiger partial charge in [0.25, 0.3) is 5.56 Å². The van der Waals surface area contributed by atoms with Crippen LogP contribution >= 0.6 is 15.6 Å². The zero-order valence-electron chi connectivity index (χ0n) is 20.9. The summed E-state index contributed by atoms with van der Waals surface area (Å²) in [4.78, 5) is 68.9. The molecule has 18 N–H and O–H groups in total. The van der Waals surface area contributed by atoms with Crippen molar-refractivity contribution >= 4 is 27.9 Å². The molecule has 0 aliphatic carbocycles. The molecule has 2 heterocycles. The first-order chi connectivity index (χ1) is 17.0. The van der Waals surface area contributed by atoms with Crippen LogP contribution in [0.5, 0.6) is 0 Å². The summed E-state index contributed by atoms with van der Waals surface area (Å²) in [6.07, 6.45) is -17.8. The third-order valence-corrected chi connectivity index (χ3v) is 7.23. The van der Waals surface area contributed by atoms with Crippen molar-refractivity contribution in [2.24, 2.45) is 0 Å². The molecule has 0 radical (unpaired) electrons. The maximum absolute atomic E-state index is 12.7. The molecule has 0 amide bonds. The number of phosphoric ester groups is 1. The highest BCUT2D eigenvalue weighted by Gasteiger charge is 2.47. The van der Waals surface area contributed by atoms with E-state index in [1.165, 1.54) is 0 Å². The minimum absolute atomic E-state index is 0. The van der Waals surface area contributed by atoms with Crippen molar-refractivity contribution in [2.45, 2.75) is 49.0 Å². The number of ether oxygens (including phenoxy) is 1. The van der Waals surface area contributed by atoms with Gasteiger partial charge in [0.15, 0.2) is 12.5 Å². The average Bonchev–Trinajstić information content (AvgIpc) is 3.07. The second-order valence-electron chi connectivity index (χ2n) is 7.29. The molecule has 1 fully saturated rings.